The van der Waals surface area contributed by atoms with Crippen LogP contribution in [0.1, 0.15) is 32.3 Å². The fourth-order valence-electron chi connectivity index (χ4n) is 4.29. The third-order valence-electron chi connectivity index (χ3n) is 6.15. The molecule has 0 atom stereocenters. The van der Waals surface area contributed by atoms with E-state index in [-0.39, 0.29) is 23.6 Å². The second-order valence-corrected chi connectivity index (χ2v) is 8.09. The van der Waals surface area contributed by atoms with Crippen LogP contribution in [0.4, 0.5) is 5.69 Å². The molecule has 2 aliphatic heterocycles. The van der Waals surface area contributed by atoms with E-state index in [2.05, 4.69) is 12.2 Å². The number of para-hydroxylation sites is 1. The van der Waals surface area contributed by atoms with Crippen LogP contribution in [0.15, 0.2) is 24.3 Å². The first kappa shape index (κ1) is 21.3. The molecule has 1 aromatic carbocycles. The summed E-state index contributed by atoms with van der Waals surface area (Å²) < 4.78 is 0. The molecule has 2 fully saturated rings. The van der Waals surface area contributed by atoms with Gasteiger partial charge in [-0.3, -0.25) is 14.4 Å². The summed E-state index contributed by atoms with van der Waals surface area (Å²) in [6.45, 7) is 8.42. The summed E-state index contributed by atoms with van der Waals surface area (Å²) in [6.07, 6.45) is 2.39. The number of quaternary nitrogens is 1. The molecule has 0 radical (unpaired) electrons. The maximum atomic E-state index is 12.8. The molecule has 3 rings (SSSR count). The van der Waals surface area contributed by atoms with Crippen LogP contribution in [0.5, 0.6) is 0 Å². The molecule has 158 valence electrons. The fraction of sp³-hybridized carbons (Fsp3) is 0.591. The van der Waals surface area contributed by atoms with Crippen molar-refractivity contribution in [3.05, 3.63) is 29.8 Å². The van der Waals surface area contributed by atoms with Crippen molar-refractivity contribution in [3.63, 3.8) is 0 Å². The lowest BCUT2D eigenvalue weighted by Crippen LogP contribution is -3.15. The van der Waals surface area contributed by atoms with Crippen molar-refractivity contribution in [2.24, 2.45) is 5.92 Å². The Kier molecular flexibility index (Phi) is 7.25. The van der Waals surface area contributed by atoms with Gasteiger partial charge in [-0.05, 0) is 30.9 Å². The largest absolute Gasteiger partial charge is 0.343 e. The predicted octanol–water partition coefficient (Wildman–Crippen LogP) is 0.173. The van der Waals surface area contributed by atoms with E-state index >= 15 is 0 Å². The Bertz CT molecular complexity index is 735. The number of anilines is 1. The molecule has 0 aliphatic carbocycles. The molecule has 7 nitrogen and oxygen atoms in total. The average molecular weight is 402 g/mol. The zero-order chi connectivity index (χ0) is 20.8. The maximum absolute atomic E-state index is 12.8. The SMILES string of the molecule is CCc1ccccc1NC(=O)C[NH+]1CCN(C(=O)C2CCN(C(C)=O)CC2)CC1. The lowest BCUT2D eigenvalue weighted by molar-refractivity contribution is -0.895. The van der Waals surface area contributed by atoms with Gasteiger partial charge in [-0.2, -0.15) is 0 Å². The Hall–Kier alpha value is -2.41. The molecule has 7 heteroatoms. The first-order chi connectivity index (χ1) is 14.0. The topological polar surface area (TPSA) is 74.2 Å². The van der Waals surface area contributed by atoms with E-state index in [1.807, 2.05) is 34.1 Å². The minimum atomic E-state index is 0.0253. The highest BCUT2D eigenvalue weighted by Gasteiger charge is 2.32. The monoisotopic (exact) mass is 401 g/mol. The lowest BCUT2D eigenvalue weighted by atomic mass is 9.95. The molecule has 29 heavy (non-hydrogen) atoms. The smallest absolute Gasteiger partial charge is 0.279 e. The molecular weight excluding hydrogens is 368 g/mol. The van der Waals surface area contributed by atoms with E-state index in [4.69, 9.17) is 0 Å². The number of hydrogen-bond donors (Lipinski definition) is 2. The lowest BCUT2D eigenvalue weighted by Gasteiger charge is -2.36. The standard InChI is InChI=1S/C22H32N4O3/c1-3-18-6-4-5-7-20(18)23-21(28)16-24-12-14-26(15-13-24)22(29)19-8-10-25(11-9-19)17(2)27/h4-7,19H,3,8-16H2,1-2H3,(H,23,28)/p+1. The van der Waals surface area contributed by atoms with Crippen LogP contribution in [-0.4, -0.2) is 73.3 Å². The van der Waals surface area contributed by atoms with Crippen molar-refractivity contribution in [1.82, 2.24) is 9.80 Å². The molecule has 0 bridgehead atoms. The van der Waals surface area contributed by atoms with E-state index in [9.17, 15) is 14.4 Å². The van der Waals surface area contributed by atoms with Gasteiger partial charge in [0.1, 0.15) is 0 Å². The molecule has 3 amide bonds. The fourth-order valence-corrected chi connectivity index (χ4v) is 4.29. The molecule has 0 aromatic heterocycles. The molecule has 0 unspecified atom stereocenters. The van der Waals surface area contributed by atoms with Crippen molar-refractivity contribution < 1.29 is 19.3 Å². The number of nitrogens with zero attached hydrogens (tertiary/aromatic N) is 2. The number of amides is 3. The van der Waals surface area contributed by atoms with Crippen molar-refractivity contribution >= 4 is 23.4 Å². The number of rotatable bonds is 5. The molecule has 2 aliphatic rings. The number of piperidine rings is 1. The number of hydrogen-bond acceptors (Lipinski definition) is 3. The van der Waals surface area contributed by atoms with Gasteiger partial charge in [0, 0.05) is 31.6 Å². The van der Waals surface area contributed by atoms with Crippen molar-refractivity contribution in [3.8, 4) is 0 Å². The van der Waals surface area contributed by atoms with E-state index in [1.165, 1.54) is 4.90 Å². The summed E-state index contributed by atoms with van der Waals surface area (Å²) in [7, 11) is 0. The second-order valence-electron chi connectivity index (χ2n) is 8.09. The number of carbonyl (C=O) groups is 3. The van der Waals surface area contributed by atoms with Crippen LogP contribution in [-0.2, 0) is 20.8 Å². The van der Waals surface area contributed by atoms with Crippen molar-refractivity contribution in [2.45, 2.75) is 33.1 Å². The molecule has 0 spiro atoms. The van der Waals surface area contributed by atoms with Gasteiger partial charge in [0.25, 0.3) is 5.91 Å². The van der Waals surface area contributed by atoms with Crippen LogP contribution < -0.4 is 10.2 Å². The van der Waals surface area contributed by atoms with Crippen LogP contribution >= 0.6 is 0 Å². The van der Waals surface area contributed by atoms with Gasteiger partial charge in [-0.25, -0.2) is 0 Å². The zero-order valence-electron chi connectivity index (χ0n) is 17.6. The molecule has 1 aromatic rings. The van der Waals surface area contributed by atoms with E-state index < -0.39 is 0 Å². The van der Waals surface area contributed by atoms with Crippen molar-refractivity contribution in [2.75, 3.05) is 51.1 Å². The zero-order valence-corrected chi connectivity index (χ0v) is 17.6. The predicted molar refractivity (Wildman–Crippen MR) is 112 cm³/mol. The van der Waals surface area contributed by atoms with Gasteiger partial charge in [0.15, 0.2) is 6.54 Å². The minimum absolute atomic E-state index is 0.0253. The van der Waals surface area contributed by atoms with Crippen LogP contribution in [0.25, 0.3) is 0 Å². The third-order valence-corrected chi connectivity index (χ3v) is 6.15. The molecule has 2 heterocycles. The van der Waals surface area contributed by atoms with Gasteiger partial charge in [-0.15, -0.1) is 0 Å². The summed E-state index contributed by atoms with van der Waals surface area (Å²) in [5, 5.41) is 3.04. The molecule has 0 saturated carbocycles. The summed E-state index contributed by atoms with van der Waals surface area (Å²) in [4.78, 5) is 41.7. The molecule has 2 saturated heterocycles. The number of carbonyl (C=O) groups excluding carboxylic acids is 3. The summed E-state index contributed by atoms with van der Waals surface area (Å²) in [5.41, 5.74) is 2.03. The Morgan fingerprint density at radius 1 is 1.03 bits per heavy atom. The van der Waals surface area contributed by atoms with Gasteiger partial charge >= 0.3 is 0 Å². The number of piperazine rings is 1. The second kappa shape index (κ2) is 9.87. The van der Waals surface area contributed by atoms with Crippen LogP contribution in [0.3, 0.4) is 0 Å². The molecular formula is C22H33N4O3+. The summed E-state index contributed by atoms with van der Waals surface area (Å²) in [6, 6.07) is 7.90. The van der Waals surface area contributed by atoms with E-state index in [1.54, 1.807) is 6.92 Å². The maximum Gasteiger partial charge on any atom is 0.279 e. The van der Waals surface area contributed by atoms with Crippen LogP contribution in [0.2, 0.25) is 0 Å². The Morgan fingerprint density at radius 3 is 2.31 bits per heavy atom. The average Bonchev–Trinajstić information content (AvgIpc) is 2.74. The van der Waals surface area contributed by atoms with Crippen molar-refractivity contribution in [1.29, 1.82) is 0 Å². The van der Waals surface area contributed by atoms with Gasteiger partial charge in [0.2, 0.25) is 11.8 Å². The third kappa shape index (κ3) is 5.56. The van der Waals surface area contributed by atoms with E-state index in [0.29, 0.717) is 32.7 Å². The van der Waals surface area contributed by atoms with Gasteiger partial charge < -0.3 is 20.0 Å². The number of nitrogens with one attached hydrogen (secondary N) is 2. The summed E-state index contributed by atoms with van der Waals surface area (Å²) in [5.74, 6) is 0.361. The number of benzene rings is 1. The molecule has 2 N–H and O–H groups in total. The number of aryl methyl sites for hydroxylation is 1. The van der Waals surface area contributed by atoms with Gasteiger partial charge in [-0.1, -0.05) is 25.1 Å². The Balaban J connectivity index is 1.42. The highest BCUT2D eigenvalue weighted by atomic mass is 16.2. The Labute approximate surface area is 173 Å². The highest BCUT2D eigenvalue weighted by molar-refractivity contribution is 5.92. The first-order valence-electron chi connectivity index (χ1n) is 10.7. The number of likely N-dealkylation sites (tertiary alicyclic amines) is 1. The normalized spacial score (nSPS) is 18.6. The summed E-state index contributed by atoms with van der Waals surface area (Å²) >= 11 is 0. The van der Waals surface area contributed by atoms with Gasteiger partial charge in [0.05, 0.1) is 26.2 Å². The quantitative estimate of drug-likeness (QED) is 0.739. The minimum Gasteiger partial charge on any atom is -0.343 e. The highest BCUT2D eigenvalue weighted by Crippen LogP contribution is 2.20. The first-order valence-corrected chi connectivity index (χ1v) is 10.7. The van der Waals surface area contributed by atoms with Crippen LogP contribution in [0, 0.1) is 5.92 Å². The Morgan fingerprint density at radius 2 is 1.69 bits per heavy atom. The van der Waals surface area contributed by atoms with E-state index in [0.717, 1.165) is 43.6 Å².